The fourth-order valence-electron chi connectivity index (χ4n) is 2.22. The number of methoxy groups -OCH3 is 1. The lowest BCUT2D eigenvalue weighted by Gasteiger charge is -2.07. The van der Waals surface area contributed by atoms with E-state index in [9.17, 15) is 4.79 Å². The van der Waals surface area contributed by atoms with Gasteiger partial charge in [0.05, 0.1) is 18.4 Å². The van der Waals surface area contributed by atoms with Gasteiger partial charge in [-0.1, -0.05) is 23.7 Å². The van der Waals surface area contributed by atoms with Gasteiger partial charge < -0.3 is 10.1 Å². The first-order valence-corrected chi connectivity index (χ1v) is 7.71. The maximum absolute atomic E-state index is 12.2. The number of hydrogen-bond acceptors (Lipinski definition) is 3. The zero-order chi connectivity index (χ0) is 16.9. The molecule has 24 heavy (non-hydrogen) atoms. The monoisotopic (exact) mass is 338 g/mol. The third kappa shape index (κ3) is 3.73. The second-order valence-corrected chi connectivity index (χ2v) is 5.56. The number of carbonyl (C=O) groups is 1. The van der Waals surface area contributed by atoms with Crippen LogP contribution in [0.2, 0.25) is 5.02 Å². The molecule has 0 atom stereocenters. The van der Waals surface area contributed by atoms with Gasteiger partial charge >= 0.3 is 0 Å². The van der Waals surface area contributed by atoms with Crippen LogP contribution < -0.4 is 10.1 Å². The number of hydrogen-bond donors (Lipinski definition) is 1. The smallest absolute Gasteiger partial charge is 0.257 e. The van der Waals surface area contributed by atoms with E-state index in [-0.39, 0.29) is 5.91 Å². The lowest BCUT2D eigenvalue weighted by molar-refractivity contribution is 0.102. The number of pyridine rings is 1. The minimum absolute atomic E-state index is 0.220. The van der Waals surface area contributed by atoms with E-state index in [1.54, 1.807) is 43.6 Å². The van der Waals surface area contributed by atoms with Crippen LogP contribution in [0.4, 0.5) is 5.69 Å². The Morgan fingerprint density at radius 1 is 1.08 bits per heavy atom. The molecule has 0 radical (unpaired) electrons. The third-order valence-corrected chi connectivity index (χ3v) is 3.75. The molecule has 1 N–H and O–H groups in total. The number of nitrogens with one attached hydrogen (secondary N) is 1. The predicted octanol–water partition coefficient (Wildman–Crippen LogP) is 4.66. The van der Waals surface area contributed by atoms with Crippen molar-refractivity contribution in [2.45, 2.75) is 0 Å². The van der Waals surface area contributed by atoms with Crippen molar-refractivity contribution < 1.29 is 9.53 Å². The van der Waals surface area contributed by atoms with Crippen LogP contribution in [-0.4, -0.2) is 18.0 Å². The molecule has 0 saturated carbocycles. The van der Waals surface area contributed by atoms with Gasteiger partial charge in [-0.05, 0) is 48.5 Å². The van der Waals surface area contributed by atoms with E-state index in [2.05, 4.69) is 10.3 Å². The van der Waals surface area contributed by atoms with Crippen molar-refractivity contribution in [2.75, 3.05) is 12.4 Å². The summed E-state index contributed by atoms with van der Waals surface area (Å²) in [5.74, 6) is 0.542. The van der Waals surface area contributed by atoms with Gasteiger partial charge in [0.15, 0.2) is 0 Å². The molecule has 1 aromatic heterocycles. The second-order valence-electron chi connectivity index (χ2n) is 5.13. The summed E-state index contributed by atoms with van der Waals surface area (Å²) in [7, 11) is 1.62. The van der Waals surface area contributed by atoms with Crippen LogP contribution in [-0.2, 0) is 0 Å². The zero-order valence-electron chi connectivity index (χ0n) is 13.0. The van der Waals surface area contributed by atoms with E-state index in [1.165, 1.54) is 0 Å². The molecule has 0 saturated heterocycles. The van der Waals surface area contributed by atoms with Crippen molar-refractivity contribution in [1.82, 2.24) is 4.98 Å². The first-order chi connectivity index (χ1) is 11.7. The third-order valence-electron chi connectivity index (χ3n) is 3.49. The van der Waals surface area contributed by atoms with Crippen LogP contribution in [0, 0.1) is 0 Å². The van der Waals surface area contributed by atoms with Crippen LogP contribution in [0.3, 0.4) is 0 Å². The molecular formula is C19H15ClN2O2. The lowest BCUT2D eigenvalue weighted by Crippen LogP contribution is -2.12. The molecule has 0 aliphatic heterocycles. The highest BCUT2D eigenvalue weighted by Gasteiger charge is 2.08. The number of ether oxygens (including phenoxy) is 1. The quantitative estimate of drug-likeness (QED) is 0.752. The minimum atomic E-state index is -0.220. The molecule has 3 aromatic rings. The minimum Gasteiger partial charge on any atom is -0.497 e. The molecule has 2 aromatic carbocycles. The van der Waals surface area contributed by atoms with Crippen LogP contribution in [0.25, 0.3) is 11.3 Å². The Morgan fingerprint density at radius 2 is 1.88 bits per heavy atom. The fourth-order valence-corrected chi connectivity index (χ4v) is 2.34. The van der Waals surface area contributed by atoms with Gasteiger partial charge in [-0.15, -0.1) is 0 Å². The molecule has 120 valence electrons. The number of benzene rings is 2. The Hall–Kier alpha value is -2.85. The molecule has 0 spiro atoms. The molecule has 5 heteroatoms. The van der Waals surface area contributed by atoms with Gasteiger partial charge in [0, 0.05) is 22.5 Å². The van der Waals surface area contributed by atoms with E-state index in [4.69, 9.17) is 16.3 Å². The molecule has 1 amide bonds. The van der Waals surface area contributed by atoms with Crippen molar-refractivity contribution in [2.24, 2.45) is 0 Å². The largest absolute Gasteiger partial charge is 0.497 e. The van der Waals surface area contributed by atoms with E-state index in [0.29, 0.717) is 16.3 Å². The van der Waals surface area contributed by atoms with Crippen LogP contribution in [0.5, 0.6) is 5.75 Å². The number of carbonyl (C=O) groups excluding carboxylic acids is 1. The second kappa shape index (κ2) is 7.15. The van der Waals surface area contributed by atoms with E-state index >= 15 is 0 Å². The Labute approximate surface area is 145 Å². The van der Waals surface area contributed by atoms with Crippen LogP contribution in [0.1, 0.15) is 10.4 Å². The van der Waals surface area contributed by atoms with Crippen molar-refractivity contribution in [3.05, 3.63) is 77.4 Å². The molecule has 0 aliphatic rings. The molecule has 4 nitrogen and oxygen atoms in total. The highest BCUT2D eigenvalue weighted by Crippen LogP contribution is 2.22. The Morgan fingerprint density at radius 3 is 2.54 bits per heavy atom. The molecule has 3 rings (SSSR count). The lowest BCUT2D eigenvalue weighted by atomic mass is 10.1. The molecular weight excluding hydrogens is 324 g/mol. The average molecular weight is 339 g/mol. The summed E-state index contributed by atoms with van der Waals surface area (Å²) in [6.07, 6.45) is 1.56. The Bertz CT molecular complexity index is 846. The number of halogens is 1. The van der Waals surface area contributed by atoms with E-state index in [0.717, 1.165) is 17.0 Å². The summed E-state index contributed by atoms with van der Waals surface area (Å²) >= 11 is 5.83. The number of anilines is 1. The maximum atomic E-state index is 12.2. The normalized spacial score (nSPS) is 10.2. The Kier molecular flexibility index (Phi) is 4.77. The summed E-state index contributed by atoms with van der Waals surface area (Å²) in [6, 6.07) is 18.1. The SMILES string of the molecule is COc1cccc(-c2ccc(C(=O)Nc3ccc(Cl)cc3)cn2)c1. The highest BCUT2D eigenvalue weighted by atomic mass is 35.5. The van der Waals surface area contributed by atoms with Gasteiger partial charge in [-0.2, -0.15) is 0 Å². The first-order valence-electron chi connectivity index (χ1n) is 7.33. The average Bonchev–Trinajstić information content (AvgIpc) is 2.64. The van der Waals surface area contributed by atoms with Gasteiger partial charge in [-0.25, -0.2) is 0 Å². The van der Waals surface area contributed by atoms with Crippen LogP contribution in [0.15, 0.2) is 66.9 Å². The van der Waals surface area contributed by atoms with Gasteiger partial charge in [0.2, 0.25) is 0 Å². The van der Waals surface area contributed by atoms with E-state index < -0.39 is 0 Å². The fraction of sp³-hybridized carbons (Fsp3) is 0.0526. The molecule has 1 heterocycles. The Balaban J connectivity index is 1.76. The summed E-state index contributed by atoms with van der Waals surface area (Å²) in [6.45, 7) is 0. The number of aromatic nitrogens is 1. The number of rotatable bonds is 4. The summed E-state index contributed by atoms with van der Waals surface area (Å²) in [5.41, 5.74) is 2.87. The van der Waals surface area contributed by atoms with Crippen molar-refractivity contribution in [1.29, 1.82) is 0 Å². The van der Waals surface area contributed by atoms with E-state index in [1.807, 2.05) is 30.3 Å². The zero-order valence-corrected chi connectivity index (χ0v) is 13.7. The topological polar surface area (TPSA) is 51.2 Å². The molecule has 0 unspecified atom stereocenters. The summed E-state index contributed by atoms with van der Waals surface area (Å²) < 4.78 is 5.21. The standard InChI is InChI=1S/C19H15ClN2O2/c1-24-17-4-2-3-13(11-17)18-10-5-14(12-21-18)19(23)22-16-8-6-15(20)7-9-16/h2-12H,1H3,(H,22,23). The predicted molar refractivity (Wildman–Crippen MR) is 95.6 cm³/mol. The first kappa shape index (κ1) is 16.0. The molecule has 0 aliphatic carbocycles. The van der Waals surface area contributed by atoms with Gasteiger partial charge in [0.25, 0.3) is 5.91 Å². The van der Waals surface area contributed by atoms with Gasteiger partial charge in [0.1, 0.15) is 5.75 Å². The van der Waals surface area contributed by atoms with Crippen LogP contribution >= 0.6 is 11.6 Å². The van der Waals surface area contributed by atoms with Crippen molar-refractivity contribution in [3.63, 3.8) is 0 Å². The maximum Gasteiger partial charge on any atom is 0.257 e. The number of nitrogens with zero attached hydrogens (tertiary/aromatic N) is 1. The molecule has 0 fully saturated rings. The van der Waals surface area contributed by atoms with Crippen molar-refractivity contribution in [3.8, 4) is 17.0 Å². The summed E-state index contributed by atoms with van der Waals surface area (Å²) in [4.78, 5) is 16.6. The summed E-state index contributed by atoms with van der Waals surface area (Å²) in [5, 5.41) is 3.43. The highest BCUT2D eigenvalue weighted by molar-refractivity contribution is 6.30. The number of amides is 1. The van der Waals surface area contributed by atoms with Crippen molar-refractivity contribution >= 4 is 23.2 Å². The molecule has 0 bridgehead atoms. The van der Waals surface area contributed by atoms with Gasteiger partial charge in [-0.3, -0.25) is 9.78 Å².